The van der Waals surface area contributed by atoms with E-state index in [9.17, 15) is 9.59 Å². The van der Waals surface area contributed by atoms with Crippen LogP contribution in [0.2, 0.25) is 0 Å². The zero-order valence-electron chi connectivity index (χ0n) is 17.4. The first-order valence-corrected chi connectivity index (χ1v) is 11.5. The van der Waals surface area contributed by atoms with E-state index in [-0.39, 0.29) is 17.7 Å². The lowest BCUT2D eigenvalue weighted by Gasteiger charge is -2.44. The summed E-state index contributed by atoms with van der Waals surface area (Å²) in [5.41, 5.74) is 1.85. The van der Waals surface area contributed by atoms with Gasteiger partial charge in [0.1, 0.15) is 0 Å². The second-order valence-corrected chi connectivity index (χ2v) is 9.77. The first kappa shape index (κ1) is 20.1. The highest BCUT2D eigenvalue weighted by Gasteiger charge is 2.45. The van der Waals surface area contributed by atoms with Gasteiger partial charge in [0.15, 0.2) is 0 Å². The van der Waals surface area contributed by atoms with Crippen LogP contribution in [0.25, 0.3) is 10.4 Å². The fourth-order valence-corrected chi connectivity index (χ4v) is 5.46. The molecular formula is C24H30N2O2S. The molecule has 1 atom stereocenters. The molecule has 1 saturated carbocycles. The van der Waals surface area contributed by atoms with Crippen LogP contribution in [0.4, 0.5) is 0 Å². The summed E-state index contributed by atoms with van der Waals surface area (Å²) in [6.07, 6.45) is 5.59. The third-order valence-electron chi connectivity index (χ3n) is 6.50. The van der Waals surface area contributed by atoms with Gasteiger partial charge in [-0.15, -0.1) is 11.3 Å². The molecule has 0 unspecified atom stereocenters. The van der Waals surface area contributed by atoms with Crippen LogP contribution < -0.4 is 0 Å². The number of benzene rings is 1. The molecule has 2 heterocycles. The van der Waals surface area contributed by atoms with E-state index >= 15 is 0 Å². The highest BCUT2D eigenvalue weighted by Crippen LogP contribution is 2.38. The molecule has 154 valence electrons. The zero-order chi connectivity index (χ0) is 20.4. The van der Waals surface area contributed by atoms with Gasteiger partial charge in [0.2, 0.25) is 11.8 Å². The Labute approximate surface area is 177 Å². The van der Waals surface area contributed by atoms with Crippen molar-refractivity contribution in [2.45, 2.75) is 38.5 Å². The Morgan fingerprint density at radius 2 is 1.90 bits per heavy atom. The molecule has 1 aromatic carbocycles. The zero-order valence-corrected chi connectivity index (χ0v) is 18.2. The molecule has 1 saturated heterocycles. The number of amides is 2. The number of nitrogens with zero attached hydrogens (tertiary/aromatic N) is 2. The van der Waals surface area contributed by atoms with Crippen LogP contribution in [-0.4, -0.2) is 48.8 Å². The summed E-state index contributed by atoms with van der Waals surface area (Å²) in [6, 6.07) is 12.8. The standard InChI is InChI=1S/C24H30N2O2S/c1-25(2)23(28)24(13-5-14-26(17-24)22(27)20-6-3-7-20)16-18-9-11-19(12-10-18)21-8-4-15-29-21/h4,8-12,15,20H,3,5-7,13-14,16-17H2,1-2H3/t24-/m1/s1. The molecule has 2 aliphatic rings. The molecule has 0 N–H and O–H groups in total. The van der Waals surface area contributed by atoms with Crippen molar-refractivity contribution in [3.63, 3.8) is 0 Å². The number of hydrogen-bond donors (Lipinski definition) is 0. The van der Waals surface area contributed by atoms with Crippen molar-refractivity contribution < 1.29 is 9.59 Å². The van der Waals surface area contributed by atoms with Gasteiger partial charge in [-0.1, -0.05) is 36.8 Å². The minimum absolute atomic E-state index is 0.144. The molecule has 4 rings (SSSR count). The van der Waals surface area contributed by atoms with E-state index in [0.717, 1.165) is 38.6 Å². The number of carbonyl (C=O) groups is 2. The van der Waals surface area contributed by atoms with E-state index < -0.39 is 5.41 Å². The monoisotopic (exact) mass is 410 g/mol. The van der Waals surface area contributed by atoms with Crippen molar-refractivity contribution in [2.75, 3.05) is 27.2 Å². The summed E-state index contributed by atoms with van der Waals surface area (Å²) in [5, 5.41) is 2.09. The van der Waals surface area contributed by atoms with E-state index in [1.165, 1.54) is 16.0 Å². The predicted octanol–water partition coefficient (Wildman–Crippen LogP) is 4.45. The largest absolute Gasteiger partial charge is 0.348 e. The highest BCUT2D eigenvalue weighted by atomic mass is 32.1. The van der Waals surface area contributed by atoms with Crippen LogP contribution in [0.3, 0.4) is 0 Å². The number of hydrogen-bond acceptors (Lipinski definition) is 3. The van der Waals surface area contributed by atoms with Gasteiger partial charge in [0.25, 0.3) is 0 Å². The number of rotatable bonds is 5. The average Bonchev–Trinajstić information content (AvgIpc) is 3.21. The number of piperidine rings is 1. The van der Waals surface area contributed by atoms with Gasteiger partial charge in [-0.25, -0.2) is 0 Å². The third-order valence-corrected chi connectivity index (χ3v) is 7.42. The molecule has 1 aromatic heterocycles. The van der Waals surface area contributed by atoms with Crippen LogP contribution in [-0.2, 0) is 16.0 Å². The minimum Gasteiger partial charge on any atom is -0.348 e. The normalized spacial score (nSPS) is 22.2. The first-order valence-electron chi connectivity index (χ1n) is 10.6. The Morgan fingerprint density at radius 1 is 1.14 bits per heavy atom. The molecule has 0 spiro atoms. The van der Waals surface area contributed by atoms with E-state index in [1.807, 2.05) is 19.0 Å². The molecule has 0 radical (unpaired) electrons. The maximum Gasteiger partial charge on any atom is 0.230 e. The SMILES string of the molecule is CN(C)C(=O)[C@@]1(Cc2ccc(-c3cccs3)cc2)CCCN(C(=O)C2CCC2)C1. The molecule has 29 heavy (non-hydrogen) atoms. The summed E-state index contributed by atoms with van der Waals surface area (Å²) in [6.45, 7) is 1.33. The highest BCUT2D eigenvalue weighted by molar-refractivity contribution is 7.13. The van der Waals surface area contributed by atoms with Crippen molar-refractivity contribution >= 4 is 23.2 Å². The fourth-order valence-electron chi connectivity index (χ4n) is 4.72. The minimum atomic E-state index is -0.522. The Balaban J connectivity index is 1.56. The first-order chi connectivity index (χ1) is 14.0. The van der Waals surface area contributed by atoms with Crippen molar-refractivity contribution in [3.05, 3.63) is 47.3 Å². The lowest BCUT2D eigenvalue weighted by Crippen LogP contribution is -2.55. The Bertz CT molecular complexity index is 856. The molecular weight excluding hydrogens is 380 g/mol. The molecule has 2 aromatic rings. The summed E-state index contributed by atoms with van der Waals surface area (Å²) in [5.74, 6) is 0.594. The van der Waals surface area contributed by atoms with Gasteiger partial charge in [-0.05, 0) is 54.7 Å². The second kappa shape index (κ2) is 8.31. The van der Waals surface area contributed by atoms with Crippen molar-refractivity contribution in [2.24, 2.45) is 11.3 Å². The summed E-state index contributed by atoms with van der Waals surface area (Å²) < 4.78 is 0. The van der Waals surface area contributed by atoms with Crippen LogP contribution in [0.15, 0.2) is 41.8 Å². The van der Waals surface area contributed by atoms with E-state index in [2.05, 4.69) is 41.8 Å². The van der Waals surface area contributed by atoms with E-state index in [1.54, 1.807) is 16.2 Å². The number of likely N-dealkylation sites (tertiary alicyclic amines) is 1. The predicted molar refractivity (Wildman–Crippen MR) is 118 cm³/mol. The van der Waals surface area contributed by atoms with Crippen molar-refractivity contribution in [1.82, 2.24) is 9.80 Å². The molecule has 0 bridgehead atoms. The number of carbonyl (C=O) groups excluding carboxylic acids is 2. The van der Waals surface area contributed by atoms with Gasteiger partial charge in [-0.3, -0.25) is 9.59 Å². The van der Waals surface area contributed by atoms with Crippen LogP contribution in [0.1, 0.15) is 37.7 Å². The van der Waals surface area contributed by atoms with E-state index in [0.29, 0.717) is 13.0 Å². The fraction of sp³-hybridized carbons (Fsp3) is 0.500. The third kappa shape index (κ3) is 4.11. The molecule has 2 fully saturated rings. The van der Waals surface area contributed by atoms with Gasteiger partial charge >= 0.3 is 0 Å². The van der Waals surface area contributed by atoms with Crippen LogP contribution >= 0.6 is 11.3 Å². The molecule has 1 aliphatic carbocycles. The lowest BCUT2D eigenvalue weighted by atomic mass is 9.73. The topological polar surface area (TPSA) is 40.6 Å². The van der Waals surface area contributed by atoms with Gasteiger partial charge < -0.3 is 9.80 Å². The van der Waals surface area contributed by atoms with Gasteiger partial charge in [-0.2, -0.15) is 0 Å². The number of thiophene rings is 1. The summed E-state index contributed by atoms with van der Waals surface area (Å²) in [4.78, 5) is 31.1. The Morgan fingerprint density at radius 3 is 2.48 bits per heavy atom. The molecule has 2 amide bonds. The smallest absolute Gasteiger partial charge is 0.230 e. The maximum atomic E-state index is 13.3. The molecule has 4 nitrogen and oxygen atoms in total. The van der Waals surface area contributed by atoms with Gasteiger partial charge in [0.05, 0.1) is 5.41 Å². The summed E-state index contributed by atoms with van der Waals surface area (Å²) >= 11 is 1.73. The average molecular weight is 411 g/mol. The molecule has 5 heteroatoms. The van der Waals surface area contributed by atoms with Crippen molar-refractivity contribution in [1.29, 1.82) is 0 Å². The maximum absolute atomic E-state index is 13.3. The van der Waals surface area contributed by atoms with E-state index in [4.69, 9.17) is 0 Å². The van der Waals surface area contributed by atoms with Crippen molar-refractivity contribution in [3.8, 4) is 10.4 Å². The van der Waals surface area contributed by atoms with Crippen LogP contribution in [0, 0.1) is 11.3 Å². The Kier molecular flexibility index (Phi) is 5.77. The van der Waals surface area contributed by atoms with Crippen LogP contribution in [0.5, 0.6) is 0 Å². The lowest BCUT2D eigenvalue weighted by molar-refractivity contribution is -0.150. The quantitative estimate of drug-likeness (QED) is 0.730. The second-order valence-electron chi connectivity index (χ2n) is 8.82. The molecule has 1 aliphatic heterocycles. The Hall–Kier alpha value is -2.14. The van der Waals surface area contributed by atoms with Gasteiger partial charge in [0, 0.05) is 38.0 Å². The summed E-state index contributed by atoms with van der Waals surface area (Å²) in [7, 11) is 3.66.